The van der Waals surface area contributed by atoms with Gasteiger partial charge in [0.25, 0.3) is 0 Å². The first-order chi connectivity index (χ1) is 8.87. The summed E-state index contributed by atoms with van der Waals surface area (Å²) in [4.78, 5) is 11.5. The Kier molecular flexibility index (Phi) is 5.76. The second kappa shape index (κ2) is 7.09. The van der Waals surface area contributed by atoms with Crippen molar-refractivity contribution in [1.29, 1.82) is 0 Å². The third-order valence-electron chi connectivity index (χ3n) is 2.37. The van der Waals surface area contributed by atoms with Gasteiger partial charge in [0.15, 0.2) is 0 Å². The van der Waals surface area contributed by atoms with Crippen molar-refractivity contribution in [3.63, 3.8) is 0 Å². The minimum absolute atomic E-state index is 0.0405. The lowest BCUT2D eigenvalue weighted by Crippen LogP contribution is -2.45. The van der Waals surface area contributed by atoms with E-state index in [9.17, 15) is 9.18 Å². The van der Waals surface area contributed by atoms with E-state index in [1.54, 1.807) is 12.1 Å². The van der Waals surface area contributed by atoms with E-state index in [1.165, 1.54) is 12.1 Å². The molecule has 0 bridgehead atoms. The summed E-state index contributed by atoms with van der Waals surface area (Å²) in [6, 6.07) is 5.80. The fraction of sp³-hybridized carbons (Fsp3) is 0.500. The van der Waals surface area contributed by atoms with Crippen molar-refractivity contribution in [2.45, 2.75) is 32.2 Å². The SMILES string of the molecule is CC(C)(N)CNC(=O)CCCOc1ccc(F)cc1. The number of hydrogen-bond acceptors (Lipinski definition) is 3. The molecule has 19 heavy (non-hydrogen) atoms. The van der Waals surface area contributed by atoms with Gasteiger partial charge in [-0.25, -0.2) is 4.39 Å². The molecular weight excluding hydrogens is 247 g/mol. The molecule has 1 aromatic rings. The second-order valence-corrected chi connectivity index (χ2v) is 5.17. The highest BCUT2D eigenvalue weighted by atomic mass is 19.1. The van der Waals surface area contributed by atoms with Gasteiger partial charge in [-0.2, -0.15) is 0 Å². The number of benzene rings is 1. The standard InChI is InChI=1S/C14H21FN2O2/c1-14(2,16)10-17-13(18)4-3-9-19-12-7-5-11(15)6-8-12/h5-8H,3-4,9-10,16H2,1-2H3,(H,17,18). The van der Waals surface area contributed by atoms with Crippen LogP contribution in [0.5, 0.6) is 5.75 Å². The molecule has 0 radical (unpaired) electrons. The zero-order valence-electron chi connectivity index (χ0n) is 11.4. The van der Waals surface area contributed by atoms with Crippen LogP contribution >= 0.6 is 0 Å². The number of hydrogen-bond donors (Lipinski definition) is 2. The van der Waals surface area contributed by atoms with Gasteiger partial charge in [-0.3, -0.25) is 4.79 Å². The van der Waals surface area contributed by atoms with Crippen LogP contribution in [0, 0.1) is 5.82 Å². The number of carbonyl (C=O) groups excluding carboxylic acids is 1. The summed E-state index contributed by atoms with van der Waals surface area (Å²) in [5.41, 5.74) is 5.35. The molecule has 0 heterocycles. The molecule has 106 valence electrons. The van der Waals surface area contributed by atoms with Crippen LogP contribution < -0.4 is 15.8 Å². The fourth-order valence-corrected chi connectivity index (χ4v) is 1.37. The zero-order valence-corrected chi connectivity index (χ0v) is 11.4. The van der Waals surface area contributed by atoms with Gasteiger partial charge in [0, 0.05) is 18.5 Å². The van der Waals surface area contributed by atoms with Gasteiger partial charge in [0.1, 0.15) is 11.6 Å². The average molecular weight is 268 g/mol. The van der Waals surface area contributed by atoms with Crippen molar-refractivity contribution < 1.29 is 13.9 Å². The summed E-state index contributed by atoms with van der Waals surface area (Å²) in [6.07, 6.45) is 0.992. The van der Waals surface area contributed by atoms with Crippen molar-refractivity contribution in [1.82, 2.24) is 5.32 Å². The molecule has 1 amide bonds. The summed E-state index contributed by atoms with van der Waals surface area (Å²) in [7, 11) is 0. The van der Waals surface area contributed by atoms with E-state index in [2.05, 4.69) is 5.32 Å². The Morgan fingerprint density at radius 1 is 1.37 bits per heavy atom. The maximum absolute atomic E-state index is 12.6. The minimum Gasteiger partial charge on any atom is -0.494 e. The highest BCUT2D eigenvalue weighted by Crippen LogP contribution is 2.11. The quantitative estimate of drug-likeness (QED) is 0.742. The average Bonchev–Trinajstić information content (AvgIpc) is 2.33. The maximum Gasteiger partial charge on any atom is 0.220 e. The molecule has 0 aliphatic rings. The molecule has 0 unspecified atom stereocenters. The highest BCUT2D eigenvalue weighted by Gasteiger charge is 2.11. The minimum atomic E-state index is -0.403. The summed E-state index contributed by atoms with van der Waals surface area (Å²) >= 11 is 0. The third-order valence-corrected chi connectivity index (χ3v) is 2.37. The summed E-state index contributed by atoms with van der Waals surface area (Å²) in [6.45, 7) is 4.57. The normalized spacial score (nSPS) is 11.2. The summed E-state index contributed by atoms with van der Waals surface area (Å²) < 4.78 is 18.0. The molecule has 0 fully saturated rings. The predicted octanol–water partition coefficient (Wildman–Crippen LogP) is 1.84. The first-order valence-corrected chi connectivity index (χ1v) is 6.31. The zero-order chi connectivity index (χ0) is 14.3. The Hall–Kier alpha value is -1.62. The molecule has 1 rings (SSSR count). The lowest BCUT2D eigenvalue weighted by molar-refractivity contribution is -0.121. The third kappa shape index (κ3) is 7.41. The largest absolute Gasteiger partial charge is 0.494 e. The molecule has 5 heteroatoms. The highest BCUT2D eigenvalue weighted by molar-refractivity contribution is 5.75. The van der Waals surface area contributed by atoms with Crippen LogP contribution in [0.15, 0.2) is 24.3 Å². The van der Waals surface area contributed by atoms with E-state index in [4.69, 9.17) is 10.5 Å². The van der Waals surface area contributed by atoms with Crippen LogP contribution in [-0.2, 0) is 4.79 Å². The van der Waals surface area contributed by atoms with Crippen molar-refractivity contribution >= 4 is 5.91 Å². The lowest BCUT2D eigenvalue weighted by atomic mass is 10.1. The fourth-order valence-electron chi connectivity index (χ4n) is 1.37. The van der Waals surface area contributed by atoms with Gasteiger partial charge in [0.05, 0.1) is 6.61 Å². The Bertz CT molecular complexity index is 399. The second-order valence-electron chi connectivity index (χ2n) is 5.17. The van der Waals surface area contributed by atoms with Crippen LogP contribution in [0.1, 0.15) is 26.7 Å². The number of ether oxygens (including phenoxy) is 1. The van der Waals surface area contributed by atoms with Crippen molar-refractivity contribution in [2.75, 3.05) is 13.2 Å². The van der Waals surface area contributed by atoms with Crippen LogP contribution in [0.4, 0.5) is 4.39 Å². The molecule has 3 N–H and O–H groups in total. The van der Waals surface area contributed by atoms with Gasteiger partial charge in [0.2, 0.25) is 5.91 Å². The van der Waals surface area contributed by atoms with E-state index < -0.39 is 5.54 Å². The summed E-state index contributed by atoms with van der Waals surface area (Å²) in [5, 5.41) is 2.76. The van der Waals surface area contributed by atoms with E-state index >= 15 is 0 Å². The number of rotatable bonds is 7. The molecule has 0 spiro atoms. The molecule has 0 aromatic heterocycles. The summed E-state index contributed by atoms with van der Waals surface area (Å²) in [5.74, 6) is 0.266. The number of halogens is 1. The number of carbonyl (C=O) groups is 1. The molecule has 1 aromatic carbocycles. The van der Waals surface area contributed by atoms with E-state index in [0.717, 1.165) is 0 Å². The first-order valence-electron chi connectivity index (χ1n) is 6.31. The number of nitrogens with one attached hydrogen (secondary N) is 1. The molecule has 0 atom stereocenters. The van der Waals surface area contributed by atoms with Gasteiger partial charge in [-0.05, 0) is 44.5 Å². The topological polar surface area (TPSA) is 64.3 Å². The van der Waals surface area contributed by atoms with Crippen LogP contribution in [0.2, 0.25) is 0 Å². The Balaban J connectivity index is 2.13. The number of amides is 1. The predicted molar refractivity (Wildman–Crippen MR) is 72.4 cm³/mol. The van der Waals surface area contributed by atoms with Crippen LogP contribution in [0.25, 0.3) is 0 Å². The monoisotopic (exact) mass is 268 g/mol. The molecule has 0 aliphatic heterocycles. The van der Waals surface area contributed by atoms with Crippen LogP contribution in [-0.4, -0.2) is 24.6 Å². The van der Waals surface area contributed by atoms with E-state index in [0.29, 0.717) is 31.7 Å². The van der Waals surface area contributed by atoms with Gasteiger partial charge < -0.3 is 15.8 Å². The molecule has 0 aliphatic carbocycles. The van der Waals surface area contributed by atoms with Crippen molar-refractivity contribution in [3.05, 3.63) is 30.1 Å². The van der Waals surface area contributed by atoms with Crippen LogP contribution in [0.3, 0.4) is 0 Å². The molecular formula is C14H21FN2O2. The first kappa shape index (κ1) is 15.4. The molecule has 4 nitrogen and oxygen atoms in total. The smallest absolute Gasteiger partial charge is 0.220 e. The van der Waals surface area contributed by atoms with Gasteiger partial charge in [-0.15, -0.1) is 0 Å². The lowest BCUT2D eigenvalue weighted by Gasteiger charge is -2.18. The van der Waals surface area contributed by atoms with E-state index in [-0.39, 0.29) is 11.7 Å². The van der Waals surface area contributed by atoms with Gasteiger partial charge in [-0.1, -0.05) is 0 Å². The van der Waals surface area contributed by atoms with Crippen molar-refractivity contribution in [2.24, 2.45) is 5.73 Å². The Morgan fingerprint density at radius 3 is 2.58 bits per heavy atom. The molecule has 0 saturated carbocycles. The van der Waals surface area contributed by atoms with Gasteiger partial charge >= 0.3 is 0 Å². The molecule has 0 saturated heterocycles. The van der Waals surface area contributed by atoms with E-state index in [1.807, 2.05) is 13.8 Å². The van der Waals surface area contributed by atoms with Crippen molar-refractivity contribution in [3.8, 4) is 5.75 Å². The number of nitrogens with two attached hydrogens (primary N) is 1. The Labute approximate surface area is 113 Å². The Morgan fingerprint density at radius 2 is 2.00 bits per heavy atom. The maximum atomic E-state index is 12.6.